The number of nitrogens with zero attached hydrogens (tertiary/aromatic N) is 2. The van der Waals surface area contributed by atoms with E-state index in [1.807, 2.05) is 0 Å². The molecule has 6 heteroatoms. The summed E-state index contributed by atoms with van der Waals surface area (Å²) in [4.78, 5) is 15.8. The highest BCUT2D eigenvalue weighted by molar-refractivity contribution is 5.75. The summed E-state index contributed by atoms with van der Waals surface area (Å²) in [6.07, 6.45) is 1.52. The molecule has 0 bridgehead atoms. The second-order valence-corrected chi connectivity index (χ2v) is 4.58. The van der Waals surface area contributed by atoms with Crippen molar-refractivity contribution in [3.63, 3.8) is 0 Å². The van der Waals surface area contributed by atoms with E-state index in [0.29, 0.717) is 6.42 Å². The Labute approximate surface area is 103 Å². The number of nitrogens with one attached hydrogen (secondary N) is 1. The maximum atomic E-state index is 11.2. The molecule has 4 N–H and O–H groups in total. The molecular formula is C11H24N4O2. The average Bonchev–Trinajstić information content (AvgIpc) is 2.55. The van der Waals surface area contributed by atoms with Crippen LogP contribution in [-0.4, -0.2) is 66.2 Å². The fraction of sp³-hybridized carbons (Fsp3) is 0.909. The maximum absolute atomic E-state index is 11.2. The lowest BCUT2D eigenvalue weighted by Gasteiger charge is -2.27. The molecule has 17 heavy (non-hydrogen) atoms. The minimum absolute atomic E-state index is 0.117. The molecule has 1 aliphatic heterocycles. The molecule has 1 heterocycles. The molecule has 1 rings (SSSR count). The normalized spacial score (nSPS) is 20.9. The smallest absolute Gasteiger partial charge is 0.235 e. The van der Waals surface area contributed by atoms with Crippen molar-refractivity contribution in [2.45, 2.75) is 25.8 Å². The highest BCUT2D eigenvalue weighted by atomic mass is 16.3. The Morgan fingerprint density at radius 2 is 2.18 bits per heavy atom. The lowest BCUT2D eigenvalue weighted by Crippen LogP contribution is -2.41. The van der Waals surface area contributed by atoms with Crippen LogP contribution < -0.4 is 11.3 Å². The first-order chi connectivity index (χ1) is 8.17. The molecule has 6 nitrogen and oxygen atoms in total. The zero-order chi connectivity index (χ0) is 12.7. The predicted octanol–water partition coefficient (Wildman–Crippen LogP) is -1.25. The van der Waals surface area contributed by atoms with E-state index >= 15 is 0 Å². The van der Waals surface area contributed by atoms with E-state index in [-0.39, 0.29) is 18.6 Å². The van der Waals surface area contributed by atoms with E-state index in [1.54, 1.807) is 0 Å². The third kappa shape index (κ3) is 4.99. The molecule has 0 aromatic rings. The number of aliphatic hydroxyl groups excluding tert-OH is 1. The molecule has 0 radical (unpaired) electrons. The van der Waals surface area contributed by atoms with E-state index in [9.17, 15) is 4.79 Å². The van der Waals surface area contributed by atoms with E-state index in [4.69, 9.17) is 10.9 Å². The van der Waals surface area contributed by atoms with Gasteiger partial charge in [0.25, 0.3) is 0 Å². The maximum Gasteiger partial charge on any atom is 0.235 e. The lowest BCUT2D eigenvalue weighted by molar-refractivity contribution is -0.122. The van der Waals surface area contributed by atoms with Crippen LogP contribution >= 0.6 is 0 Å². The van der Waals surface area contributed by atoms with Crippen LogP contribution in [0.5, 0.6) is 0 Å². The summed E-state index contributed by atoms with van der Waals surface area (Å²) in [5, 5.41) is 8.91. The summed E-state index contributed by atoms with van der Waals surface area (Å²) < 4.78 is 0. The summed E-state index contributed by atoms with van der Waals surface area (Å²) in [5.74, 6) is 4.97. The number of β-amino-alcohol motifs (C(OH)–C–C–N with tert-alkyl or cyclic N) is 1. The first-order valence-corrected chi connectivity index (χ1v) is 6.24. The second kappa shape index (κ2) is 7.60. The highest BCUT2D eigenvalue weighted by Gasteiger charge is 2.20. The number of rotatable bonds is 5. The van der Waals surface area contributed by atoms with Gasteiger partial charge in [0.05, 0.1) is 6.61 Å². The fourth-order valence-electron chi connectivity index (χ4n) is 2.25. The van der Waals surface area contributed by atoms with Gasteiger partial charge in [0.15, 0.2) is 0 Å². The molecule has 0 spiro atoms. The minimum Gasteiger partial charge on any atom is -0.395 e. The predicted molar refractivity (Wildman–Crippen MR) is 66.1 cm³/mol. The van der Waals surface area contributed by atoms with Crippen molar-refractivity contribution in [3.8, 4) is 0 Å². The number of hydrogen-bond donors (Lipinski definition) is 3. The van der Waals surface area contributed by atoms with Crippen LogP contribution in [0.4, 0.5) is 0 Å². The summed E-state index contributed by atoms with van der Waals surface area (Å²) in [7, 11) is 0. The Bertz CT molecular complexity index is 238. The number of amides is 1. The van der Waals surface area contributed by atoms with Crippen molar-refractivity contribution in [1.82, 2.24) is 15.2 Å². The lowest BCUT2D eigenvalue weighted by atomic mass is 10.2. The Morgan fingerprint density at radius 3 is 2.82 bits per heavy atom. The Hall–Kier alpha value is -0.690. The molecule has 1 fully saturated rings. The number of nitrogens with two attached hydrogens (primary N) is 1. The van der Waals surface area contributed by atoms with Gasteiger partial charge in [-0.2, -0.15) is 0 Å². The van der Waals surface area contributed by atoms with Gasteiger partial charge in [-0.15, -0.1) is 0 Å². The van der Waals surface area contributed by atoms with E-state index < -0.39 is 0 Å². The molecule has 1 unspecified atom stereocenters. The molecule has 1 aliphatic rings. The molecule has 0 aromatic carbocycles. The highest BCUT2D eigenvalue weighted by Crippen LogP contribution is 2.09. The van der Waals surface area contributed by atoms with Crippen molar-refractivity contribution in [2.24, 2.45) is 5.84 Å². The number of hydrazine groups is 1. The number of carbonyl (C=O) groups excluding carboxylic acids is 1. The van der Waals surface area contributed by atoms with Crippen molar-refractivity contribution in [3.05, 3.63) is 0 Å². The molecule has 100 valence electrons. The van der Waals surface area contributed by atoms with Crippen molar-refractivity contribution >= 4 is 5.91 Å². The Kier molecular flexibility index (Phi) is 6.43. The van der Waals surface area contributed by atoms with Crippen LogP contribution in [0.1, 0.15) is 19.8 Å². The van der Waals surface area contributed by atoms with Crippen molar-refractivity contribution in [2.75, 3.05) is 39.3 Å². The van der Waals surface area contributed by atoms with Gasteiger partial charge in [-0.05, 0) is 26.4 Å². The van der Waals surface area contributed by atoms with Gasteiger partial charge in [0, 0.05) is 32.1 Å². The van der Waals surface area contributed by atoms with Gasteiger partial charge >= 0.3 is 0 Å². The second-order valence-electron chi connectivity index (χ2n) is 4.58. The van der Waals surface area contributed by atoms with Crippen LogP contribution in [0.3, 0.4) is 0 Å². The SMILES string of the molecule is CC(CC(=O)NN)N1CCCN(CCO)CC1. The number of carbonyl (C=O) groups is 1. The standard InChI is InChI=1S/C11H24N4O2/c1-10(9-11(17)13-12)15-4-2-3-14(5-6-15)7-8-16/h10,16H,2-9,12H2,1H3,(H,13,17). The van der Waals surface area contributed by atoms with Gasteiger partial charge in [-0.1, -0.05) is 0 Å². The van der Waals surface area contributed by atoms with Gasteiger partial charge in [0.2, 0.25) is 5.91 Å². The molecule has 0 aliphatic carbocycles. The van der Waals surface area contributed by atoms with Crippen LogP contribution in [0.2, 0.25) is 0 Å². The quantitative estimate of drug-likeness (QED) is 0.320. The van der Waals surface area contributed by atoms with Gasteiger partial charge in [-0.25, -0.2) is 5.84 Å². The van der Waals surface area contributed by atoms with Crippen LogP contribution in [-0.2, 0) is 4.79 Å². The van der Waals surface area contributed by atoms with Crippen molar-refractivity contribution in [1.29, 1.82) is 0 Å². The fourth-order valence-corrected chi connectivity index (χ4v) is 2.25. The Balaban J connectivity index is 2.36. The van der Waals surface area contributed by atoms with E-state index in [2.05, 4.69) is 22.1 Å². The van der Waals surface area contributed by atoms with Gasteiger partial charge < -0.3 is 5.11 Å². The minimum atomic E-state index is -0.117. The largest absolute Gasteiger partial charge is 0.395 e. The summed E-state index contributed by atoms with van der Waals surface area (Å²) in [6, 6.07) is 0.215. The summed E-state index contributed by atoms with van der Waals surface area (Å²) in [6.45, 7) is 6.93. The first-order valence-electron chi connectivity index (χ1n) is 6.24. The summed E-state index contributed by atoms with van der Waals surface area (Å²) >= 11 is 0. The van der Waals surface area contributed by atoms with E-state index in [0.717, 1.165) is 39.1 Å². The van der Waals surface area contributed by atoms with E-state index in [1.165, 1.54) is 0 Å². The zero-order valence-electron chi connectivity index (χ0n) is 10.6. The molecule has 0 aromatic heterocycles. The van der Waals surface area contributed by atoms with Crippen molar-refractivity contribution < 1.29 is 9.90 Å². The van der Waals surface area contributed by atoms with Gasteiger partial charge in [0.1, 0.15) is 0 Å². The monoisotopic (exact) mass is 244 g/mol. The van der Waals surface area contributed by atoms with Crippen LogP contribution in [0.15, 0.2) is 0 Å². The van der Waals surface area contributed by atoms with Gasteiger partial charge in [-0.3, -0.25) is 20.0 Å². The number of hydrogen-bond acceptors (Lipinski definition) is 5. The topological polar surface area (TPSA) is 81.8 Å². The third-order valence-corrected chi connectivity index (χ3v) is 3.30. The first kappa shape index (κ1) is 14.4. The van der Waals surface area contributed by atoms with Crippen LogP contribution in [0, 0.1) is 0 Å². The van der Waals surface area contributed by atoms with Crippen LogP contribution in [0.25, 0.3) is 0 Å². The molecule has 1 amide bonds. The number of aliphatic hydroxyl groups is 1. The summed E-state index contributed by atoms with van der Waals surface area (Å²) in [5.41, 5.74) is 2.17. The average molecular weight is 244 g/mol. The molecular weight excluding hydrogens is 220 g/mol. The zero-order valence-corrected chi connectivity index (χ0v) is 10.6. The molecule has 1 atom stereocenters. The third-order valence-electron chi connectivity index (χ3n) is 3.30. The molecule has 1 saturated heterocycles. The molecule has 0 saturated carbocycles. The Morgan fingerprint density at radius 1 is 1.41 bits per heavy atom.